The van der Waals surface area contributed by atoms with E-state index in [9.17, 15) is 0 Å². The van der Waals surface area contributed by atoms with Gasteiger partial charge in [-0.15, -0.1) is 0 Å². The number of pyridine rings is 1. The number of amidine groups is 1. The highest BCUT2D eigenvalue weighted by Gasteiger charge is 2.04. The topological polar surface area (TPSA) is 85.1 Å². The zero-order chi connectivity index (χ0) is 14.7. The lowest BCUT2D eigenvalue weighted by molar-refractivity contribution is 0.302. The van der Waals surface area contributed by atoms with Gasteiger partial charge in [-0.2, -0.15) is 0 Å². The molecule has 0 saturated carbocycles. The summed E-state index contributed by atoms with van der Waals surface area (Å²) in [7, 11) is 0. The van der Waals surface area contributed by atoms with Gasteiger partial charge in [0.15, 0.2) is 5.84 Å². The number of fused-ring (bicyclic) bond motifs is 1. The molecule has 0 aliphatic rings. The predicted octanol–water partition coefficient (Wildman–Crippen LogP) is 2.01. The first-order chi connectivity index (χ1) is 10.3. The van der Waals surface area contributed by atoms with Gasteiger partial charge in [-0.25, -0.2) is 4.98 Å². The third-order valence-electron chi connectivity index (χ3n) is 3.04. The molecule has 0 spiro atoms. The molecule has 0 fully saturated rings. The maximum atomic E-state index is 8.68. The molecule has 0 unspecified atom stereocenters. The maximum absolute atomic E-state index is 8.68. The van der Waals surface area contributed by atoms with Crippen LogP contribution in [0.5, 0.6) is 5.75 Å². The Balaban J connectivity index is 1.75. The van der Waals surface area contributed by atoms with Crippen LogP contribution in [0.3, 0.4) is 0 Å². The molecular weight excluding hydrogens is 268 g/mol. The van der Waals surface area contributed by atoms with Crippen molar-refractivity contribution in [3.8, 4) is 5.75 Å². The van der Waals surface area contributed by atoms with Crippen molar-refractivity contribution in [2.75, 3.05) is 0 Å². The van der Waals surface area contributed by atoms with Crippen LogP contribution < -0.4 is 10.5 Å². The van der Waals surface area contributed by atoms with Gasteiger partial charge >= 0.3 is 0 Å². The number of nitrogens with two attached hydrogens (primary N) is 1. The third kappa shape index (κ3) is 2.79. The van der Waals surface area contributed by atoms with Gasteiger partial charge < -0.3 is 20.1 Å². The van der Waals surface area contributed by atoms with Gasteiger partial charge in [-0.05, 0) is 24.3 Å². The van der Waals surface area contributed by atoms with Gasteiger partial charge in [0.05, 0.1) is 5.69 Å². The molecule has 0 radical (unpaired) electrons. The highest BCUT2D eigenvalue weighted by atomic mass is 16.5. The summed E-state index contributed by atoms with van der Waals surface area (Å²) >= 11 is 0. The molecule has 6 nitrogen and oxygen atoms in total. The third-order valence-corrected chi connectivity index (χ3v) is 3.04. The van der Waals surface area contributed by atoms with Crippen LogP contribution in [-0.4, -0.2) is 20.4 Å². The molecule has 0 saturated heterocycles. The molecule has 0 atom stereocenters. The smallest absolute Gasteiger partial charge is 0.170 e. The second-order valence-corrected chi connectivity index (χ2v) is 4.50. The van der Waals surface area contributed by atoms with E-state index in [1.54, 1.807) is 18.2 Å². The van der Waals surface area contributed by atoms with E-state index in [-0.39, 0.29) is 5.84 Å². The van der Waals surface area contributed by atoms with Crippen molar-refractivity contribution in [3.63, 3.8) is 0 Å². The molecule has 106 valence electrons. The zero-order valence-electron chi connectivity index (χ0n) is 11.2. The Kier molecular flexibility index (Phi) is 3.42. The monoisotopic (exact) mass is 282 g/mol. The number of aromatic nitrogens is 2. The van der Waals surface area contributed by atoms with Gasteiger partial charge in [0.25, 0.3) is 0 Å². The Hall–Kier alpha value is -3.02. The second kappa shape index (κ2) is 5.54. The van der Waals surface area contributed by atoms with E-state index in [2.05, 4.69) is 10.1 Å². The summed E-state index contributed by atoms with van der Waals surface area (Å²) in [5.41, 5.74) is 7.86. The molecule has 1 aromatic carbocycles. The molecule has 0 aliphatic carbocycles. The molecule has 2 aromatic heterocycles. The fourth-order valence-electron chi connectivity index (χ4n) is 2.02. The van der Waals surface area contributed by atoms with Gasteiger partial charge in [-0.1, -0.05) is 23.4 Å². The molecule has 0 bridgehead atoms. The Bertz CT molecular complexity index is 762. The van der Waals surface area contributed by atoms with Gasteiger partial charge in [0.1, 0.15) is 18.0 Å². The van der Waals surface area contributed by atoms with E-state index >= 15 is 0 Å². The van der Waals surface area contributed by atoms with E-state index < -0.39 is 0 Å². The van der Waals surface area contributed by atoms with Crippen LogP contribution in [0.1, 0.15) is 11.3 Å². The summed E-state index contributed by atoms with van der Waals surface area (Å²) in [4.78, 5) is 4.45. The minimum absolute atomic E-state index is 0.0492. The molecule has 3 aromatic rings. The molecule has 3 rings (SSSR count). The summed E-state index contributed by atoms with van der Waals surface area (Å²) in [6.07, 6.45) is 3.85. The van der Waals surface area contributed by atoms with Gasteiger partial charge in [0, 0.05) is 18.0 Å². The second-order valence-electron chi connectivity index (χ2n) is 4.50. The van der Waals surface area contributed by atoms with Crippen molar-refractivity contribution in [1.82, 2.24) is 9.38 Å². The average molecular weight is 282 g/mol. The van der Waals surface area contributed by atoms with Crippen LogP contribution in [0.2, 0.25) is 0 Å². The lowest BCUT2D eigenvalue weighted by Gasteiger charge is -2.05. The lowest BCUT2D eigenvalue weighted by Crippen LogP contribution is -2.12. The first-order valence-corrected chi connectivity index (χ1v) is 6.39. The number of benzene rings is 1. The Morgan fingerprint density at radius 1 is 1.29 bits per heavy atom. The number of hydrogen-bond donors (Lipinski definition) is 2. The molecule has 0 amide bonds. The van der Waals surface area contributed by atoms with Crippen molar-refractivity contribution in [1.29, 1.82) is 0 Å². The number of imidazole rings is 1. The summed E-state index contributed by atoms with van der Waals surface area (Å²) in [6.45, 7) is 0.349. The van der Waals surface area contributed by atoms with Crippen molar-refractivity contribution < 1.29 is 9.94 Å². The fraction of sp³-hybridized carbons (Fsp3) is 0.0667. The summed E-state index contributed by atoms with van der Waals surface area (Å²) in [6, 6.07) is 12.9. The SMILES string of the molecule is N/C(=N\O)c1cccc(OCc2cn3ccccc3n2)c1. The van der Waals surface area contributed by atoms with Crippen molar-refractivity contribution in [2.24, 2.45) is 10.9 Å². The van der Waals surface area contributed by atoms with Crippen molar-refractivity contribution in [2.45, 2.75) is 6.61 Å². The van der Waals surface area contributed by atoms with Crippen LogP contribution >= 0.6 is 0 Å². The number of nitrogens with zero attached hydrogens (tertiary/aromatic N) is 3. The molecule has 3 N–H and O–H groups in total. The van der Waals surface area contributed by atoms with Crippen LogP contribution in [-0.2, 0) is 6.61 Å². The number of hydrogen-bond acceptors (Lipinski definition) is 4. The van der Waals surface area contributed by atoms with E-state index in [1.807, 2.05) is 41.1 Å². The standard InChI is InChI=1S/C15H14N4O2/c16-15(18-20)11-4-3-5-13(8-11)21-10-12-9-19-7-2-1-6-14(19)17-12/h1-9,20H,10H2,(H2,16,18). The highest BCUT2D eigenvalue weighted by Crippen LogP contribution is 2.15. The number of oxime groups is 1. The van der Waals surface area contributed by atoms with E-state index in [0.717, 1.165) is 11.3 Å². The number of rotatable bonds is 4. The first-order valence-electron chi connectivity index (χ1n) is 6.39. The molecule has 21 heavy (non-hydrogen) atoms. The highest BCUT2D eigenvalue weighted by molar-refractivity contribution is 5.97. The van der Waals surface area contributed by atoms with Crippen LogP contribution in [0.4, 0.5) is 0 Å². The Morgan fingerprint density at radius 3 is 3.00 bits per heavy atom. The Labute approximate surface area is 121 Å². The minimum atomic E-state index is 0.0492. The average Bonchev–Trinajstić information content (AvgIpc) is 2.95. The summed E-state index contributed by atoms with van der Waals surface area (Å²) < 4.78 is 7.62. The van der Waals surface area contributed by atoms with E-state index in [1.165, 1.54) is 0 Å². The Morgan fingerprint density at radius 2 is 2.19 bits per heavy atom. The van der Waals surface area contributed by atoms with E-state index in [0.29, 0.717) is 17.9 Å². The first kappa shape index (κ1) is 13.0. The summed E-state index contributed by atoms with van der Waals surface area (Å²) in [5, 5.41) is 11.6. The molecule has 0 aliphatic heterocycles. The van der Waals surface area contributed by atoms with Crippen molar-refractivity contribution in [3.05, 3.63) is 66.1 Å². The maximum Gasteiger partial charge on any atom is 0.170 e. The van der Waals surface area contributed by atoms with Crippen molar-refractivity contribution >= 4 is 11.5 Å². The lowest BCUT2D eigenvalue weighted by atomic mass is 10.2. The fourth-order valence-corrected chi connectivity index (χ4v) is 2.02. The van der Waals surface area contributed by atoms with Crippen LogP contribution in [0.15, 0.2) is 60.0 Å². The van der Waals surface area contributed by atoms with Crippen LogP contribution in [0, 0.1) is 0 Å². The van der Waals surface area contributed by atoms with Gasteiger partial charge in [0.2, 0.25) is 0 Å². The largest absolute Gasteiger partial charge is 0.487 e. The predicted molar refractivity (Wildman–Crippen MR) is 78.5 cm³/mol. The molecule has 6 heteroatoms. The minimum Gasteiger partial charge on any atom is -0.487 e. The molecule has 2 heterocycles. The number of ether oxygens (including phenoxy) is 1. The van der Waals surface area contributed by atoms with Gasteiger partial charge in [-0.3, -0.25) is 0 Å². The normalized spacial score (nSPS) is 11.7. The quantitative estimate of drug-likeness (QED) is 0.332. The van der Waals surface area contributed by atoms with Crippen LogP contribution in [0.25, 0.3) is 5.65 Å². The summed E-state index contributed by atoms with van der Waals surface area (Å²) in [5.74, 6) is 0.685. The van der Waals surface area contributed by atoms with E-state index in [4.69, 9.17) is 15.7 Å². The molecular formula is C15H14N4O2. The zero-order valence-corrected chi connectivity index (χ0v) is 11.2.